The molecule has 0 bridgehead atoms. The Kier molecular flexibility index (Phi) is 43.6. The van der Waals surface area contributed by atoms with Crippen molar-refractivity contribution >= 4 is 11.9 Å². The van der Waals surface area contributed by atoms with Gasteiger partial charge in [0.25, 0.3) is 0 Å². The molecule has 6 N–H and O–H groups in total. The lowest BCUT2D eigenvalue weighted by Crippen LogP contribution is -2.61. The average molecular weight is 994 g/mol. The number of nitrogens with one attached hydrogen (secondary N) is 1. The summed E-state index contributed by atoms with van der Waals surface area (Å²) in [5.41, 5.74) is 0. The topological polar surface area (TPSA) is 175 Å². The monoisotopic (exact) mass is 994 g/mol. The smallest absolute Gasteiger partial charge is 0.306 e. The Bertz CT molecular complexity index is 1560. The molecule has 0 radical (unpaired) electrons. The first-order chi connectivity index (χ1) is 34.7. The highest BCUT2D eigenvalue weighted by atomic mass is 16.7. The minimum atomic E-state index is -1.64. The summed E-state index contributed by atoms with van der Waals surface area (Å²) in [7, 11) is 0. The van der Waals surface area contributed by atoms with Crippen molar-refractivity contribution in [3.8, 4) is 0 Å². The van der Waals surface area contributed by atoms with Crippen LogP contribution in [0.2, 0.25) is 0 Å². The quantitative estimate of drug-likeness (QED) is 0.0149. The standard InChI is InChI=1S/C60H99NO10/c1-4-7-10-13-16-19-22-24-26-28-29-32-35-38-41-44-47-53(64)59(68)61-51(52(63)46-43-40-37-34-31-21-18-15-12-9-6-3)50-69-60-58(57(67)56(66)54(49-62)70-60)71-55(65)48-45-42-39-36-33-30-27-25-23-20-17-14-11-8-5-2/h8,11,14,16-17,19-20,23-27,29,32,38,41,43,46,51-54,56-58,60,62-64,66-67H,4-7,9-10,12-13,15,18,21-22,28,30-31,33-37,39-40,42,44-45,47-50H2,1-3H3,(H,61,68)/b11-8+,17-14+,19-16-,23-20+,26-24-,27-25-,32-29-,41-38-,46-43+. The van der Waals surface area contributed by atoms with Crippen LogP contribution >= 0.6 is 0 Å². The largest absolute Gasteiger partial charge is 0.454 e. The molecule has 0 aromatic heterocycles. The van der Waals surface area contributed by atoms with Crippen molar-refractivity contribution < 1.29 is 49.3 Å². The number of carbonyl (C=O) groups excluding carboxylic acids is 2. The van der Waals surface area contributed by atoms with Crippen molar-refractivity contribution in [2.75, 3.05) is 13.2 Å². The van der Waals surface area contributed by atoms with E-state index in [9.17, 15) is 35.1 Å². The number of esters is 1. The van der Waals surface area contributed by atoms with Crippen molar-refractivity contribution in [2.24, 2.45) is 0 Å². The first kappa shape index (κ1) is 65.3. The third kappa shape index (κ3) is 36.0. The zero-order valence-electron chi connectivity index (χ0n) is 44.3. The molecule has 0 spiro atoms. The van der Waals surface area contributed by atoms with Crippen LogP contribution in [0.15, 0.2) is 109 Å². The highest BCUT2D eigenvalue weighted by molar-refractivity contribution is 5.80. The second kappa shape index (κ2) is 47.3. The lowest BCUT2D eigenvalue weighted by molar-refractivity contribution is -0.305. The van der Waals surface area contributed by atoms with Crippen molar-refractivity contribution in [3.05, 3.63) is 109 Å². The fourth-order valence-electron chi connectivity index (χ4n) is 7.83. The predicted molar refractivity (Wildman–Crippen MR) is 291 cm³/mol. The van der Waals surface area contributed by atoms with Crippen molar-refractivity contribution in [1.29, 1.82) is 0 Å². The summed E-state index contributed by atoms with van der Waals surface area (Å²) in [5.74, 6) is -1.29. The molecule has 404 valence electrons. The van der Waals surface area contributed by atoms with E-state index in [0.717, 1.165) is 89.9 Å². The molecule has 8 unspecified atom stereocenters. The lowest BCUT2D eigenvalue weighted by Gasteiger charge is -2.41. The summed E-state index contributed by atoms with van der Waals surface area (Å²) in [6.07, 6.45) is 52.8. The van der Waals surface area contributed by atoms with Crippen LogP contribution in [0, 0.1) is 0 Å². The van der Waals surface area contributed by atoms with E-state index in [2.05, 4.69) is 74.7 Å². The van der Waals surface area contributed by atoms with E-state index in [4.69, 9.17) is 14.2 Å². The molecule has 1 rings (SSSR count). The molecule has 11 heteroatoms. The number of aliphatic hydroxyl groups is 5. The van der Waals surface area contributed by atoms with Crippen molar-refractivity contribution in [2.45, 2.75) is 243 Å². The van der Waals surface area contributed by atoms with Gasteiger partial charge < -0.3 is 45.1 Å². The third-order valence-electron chi connectivity index (χ3n) is 12.3. The van der Waals surface area contributed by atoms with Gasteiger partial charge in [-0.3, -0.25) is 9.59 Å². The fraction of sp³-hybridized carbons (Fsp3) is 0.667. The van der Waals surface area contributed by atoms with Gasteiger partial charge in [0.1, 0.15) is 24.4 Å². The van der Waals surface area contributed by atoms with Crippen LogP contribution in [-0.2, 0) is 23.8 Å². The number of hydrogen-bond acceptors (Lipinski definition) is 10. The highest BCUT2D eigenvalue weighted by Gasteiger charge is 2.47. The zero-order valence-corrected chi connectivity index (χ0v) is 44.3. The van der Waals surface area contributed by atoms with Gasteiger partial charge in [-0.2, -0.15) is 0 Å². The molecule has 1 aliphatic rings. The molecule has 0 aromatic rings. The Morgan fingerprint density at radius 3 is 1.68 bits per heavy atom. The van der Waals surface area contributed by atoms with E-state index in [-0.39, 0.29) is 19.4 Å². The number of hydrogen-bond donors (Lipinski definition) is 6. The molecule has 1 amide bonds. The highest BCUT2D eigenvalue weighted by Crippen LogP contribution is 2.26. The summed E-state index contributed by atoms with van der Waals surface area (Å²) in [5, 5.41) is 56.6. The number of amides is 1. The van der Waals surface area contributed by atoms with Gasteiger partial charge in [-0.25, -0.2) is 0 Å². The fourth-order valence-corrected chi connectivity index (χ4v) is 7.83. The average Bonchev–Trinajstić information content (AvgIpc) is 3.37. The number of allylic oxidation sites excluding steroid dienone is 17. The van der Waals surface area contributed by atoms with Crippen LogP contribution in [0.25, 0.3) is 0 Å². The molecule has 1 fully saturated rings. The number of rotatable bonds is 44. The summed E-state index contributed by atoms with van der Waals surface area (Å²) < 4.78 is 17.5. The van der Waals surface area contributed by atoms with E-state index >= 15 is 0 Å². The van der Waals surface area contributed by atoms with Gasteiger partial charge in [0.2, 0.25) is 5.91 Å². The van der Waals surface area contributed by atoms with E-state index in [1.165, 1.54) is 57.8 Å². The Balaban J connectivity index is 2.81. The molecule has 0 aliphatic carbocycles. The van der Waals surface area contributed by atoms with E-state index in [1.807, 2.05) is 54.7 Å². The molecule has 1 aliphatic heterocycles. The van der Waals surface area contributed by atoms with Crippen molar-refractivity contribution in [3.63, 3.8) is 0 Å². The first-order valence-electron chi connectivity index (χ1n) is 27.7. The van der Waals surface area contributed by atoms with Gasteiger partial charge in [0.05, 0.1) is 25.4 Å². The Hall–Kier alpha value is -3.68. The summed E-state index contributed by atoms with van der Waals surface area (Å²) >= 11 is 0. The summed E-state index contributed by atoms with van der Waals surface area (Å²) in [6, 6.07) is -1.06. The van der Waals surface area contributed by atoms with E-state index in [0.29, 0.717) is 12.8 Å². The van der Waals surface area contributed by atoms with Crippen LogP contribution in [-0.4, -0.2) is 99.6 Å². The number of aliphatic hydroxyl groups excluding tert-OH is 5. The maximum Gasteiger partial charge on any atom is 0.306 e. The van der Waals surface area contributed by atoms with Gasteiger partial charge in [0.15, 0.2) is 12.4 Å². The van der Waals surface area contributed by atoms with Gasteiger partial charge in [-0.15, -0.1) is 0 Å². The lowest BCUT2D eigenvalue weighted by atomic mass is 9.99. The first-order valence-corrected chi connectivity index (χ1v) is 27.7. The second-order valence-electron chi connectivity index (χ2n) is 18.7. The third-order valence-corrected chi connectivity index (χ3v) is 12.3. The SMILES string of the molecule is CC/C=C/C=C/C=C/C=C\CCCCCCCC(=O)OC1C(OCC(NC(=O)C(O)CC/C=C\C/C=C\C/C=C\C/C=C\CCCCC)C(O)/C=C/CCCCCCCCCCC)OC(CO)C(O)C1O. The minimum Gasteiger partial charge on any atom is -0.454 e. The van der Waals surface area contributed by atoms with Crippen LogP contribution < -0.4 is 5.32 Å². The Morgan fingerprint density at radius 1 is 0.577 bits per heavy atom. The van der Waals surface area contributed by atoms with Gasteiger partial charge in [-0.05, 0) is 83.5 Å². The van der Waals surface area contributed by atoms with Gasteiger partial charge >= 0.3 is 5.97 Å². The molecule has 0 aromatic carbocycles. The molecular formula is C60H99NO10. The molecule has 1 saturated heterocycles. The molecule has 0 saturated carbocycles. The van der Waals surface area contributed by atoms with Crippen LogP contribution in [0.5, 0.6) is 0 Å². The Labute approximate surface area is 430 Å². The zero-order chi connectivity index (χ0) is 51.8. The van der Waals surface area contributed by atoms with Crippen LogP contribution in [0.1, 0.15) is 194 Å². The van der Waals surface area contributed by atoms with Gasteiger partial charge in [-0.1, -0.05) is 214 Å². The molecular weight excluding hydrogens is 895 g/mol. The molecule has 1 heterocycles. The van der Waals surface area contributed by atoms with Crippen LogP contribution in [0.3, 0.4) is 0 Å². The summed E-state index contributed by atoms with van der Waals surface area (Å²) in [4.78, 5) is 26.4. The van der Waals surface area contributed by atoms with E-state index in [1.54, 1.807) is 6.08 Å². The molecule has 8 atom stereocenters. The minimum absolute atomic E-state index is 0.0845. The predicted octanol–water partition coefficient (Wildman–Crippen LogP) is 12.2. The second-order valence-corrected chi connectivity index (χ2v) is 18.7. The number of ether oxygens (including phenoxy) is 3. The maximum absolute atomic E-state index is 13.3. The number of carbonyl (C=O) groups is 2. The van der Waals surface area contributed by atoms with Gasteiger partial charge in [0, 0.05) is 6.42 Å². The Morgan fingerprint density at radius 2 is 1.07 bits per heavy atom. The number of unbranched alkanes of at least 4 members (excludes halogenated alkanes) is 17. The van der Waals surface area contributed by atoms with Crippen molar-refractivity contribution in [1.82, 2.24) is 5.32 Å². The van der Waals surface area contributed by atoms with E-state index < -0.39 is 67.4 Å². The summed E-state index contributed by atoms with van der Waals surface area (Å²) in [6.45, 7) is 5.53. The van der Waals surface area contributed by atoms with Crippen LogP contribution in [0.4, 0.5) is 0 Å². The molecule has 11 nitrogen and oxygen atoms in total. The molecule has 71 heavy (non-hydrogen) atoms. The normalized spacial score (nSPS) is 20.5. The maximum atomic E-state index is 13.3.